The Balaban J connectivity index is 2.22. The topological polar surface area (TPSA) is 58.4 Å². The first-order valence-corrected chi connectivity index (χ1v) is 6.43. The van der Waals surface area contributed by atoms with Gasteiger partial charge in [-0.3, -0.25) is 0 Å². The average Bonchev–Trinajstić information content (AvgIpc) is 2.29. The van der Waals surface area contributed by atoms with Gasteiger partial charge in [-0.2, -0.15) is 0 Å². The molecule has 4 nitrogen and oxygen atoms in total. The smallest absolute Gasteiger partial charge is 0.317 e. The average molecular weight is 227 g/mol. The zero-order valence-electron chi connectivity index (χ0n) is 10.5. The van der Waals surface area contributed by atoms with Gasteiger partial charge >= 0.3 is 6.03 Å². The number of nitrogens with two attached hydrogens (primary N) is 1. The minimum atomic E-state index is 0.0941. The summed E-state index contributed by atoms with van der Waals surface area (Å²) in [6.07, 6.45) is 4.26. The van der Waals surface area contributed by atoms with Crippen LogP contribution in [0.25, 0.3) is 0 Å². The number of likely N-dealkylation sites (tertiary alicyclic amines) is 1. The molecule has 16 heavy (non-hydrogen) atoms. The van der Waals surface area contributed by atoms with Crippen molar-refractivity contribution in [2.75, 3.05) is 19.6 Å². The highest BCUT2D eigenvalue weighted by molar-refractivity contribution is 5.74. The van der Waals surface area contributed by atoms with E-state index >= 15 is 0 Å². The summed E-state index contributed by atoms with van der Waals surface area (Å²) in [6, 6.07) is 0.349. The van der Waals surface area contributed by atoms with E-state index in [2.05, 4.69) is 19.2 Å². The van der Waals surface area contributed by atoms with Crippen LogP contribution in [0.3, 0.4) is 0 Å². The molecule has 0 saturated carbocycles. The number of nitrogens with one attached hydrogen (secondary N) is 1. The number of urea groups is 1. The van der Waals surface area contributed by atoms with Crippen molar-refractivity contribution in [3.63, 3.8) is 0 Å². The van der Waals surface area contributed by atoms with E-state index in [9.17, 15) is 4.79 Å². The first kappa shape index (κ1) is 13.3. The molecule has 0 aliphatic carbocycles. The first-order chi connectivity index (χ1) is 7.65. The van der Waals surface area contributed by atoms with Gasteiger partial charge in [0.2, 0.25) is 0 Å². The largest absolute Gasteiger partial charge is 0.338 e. The minimum absolute atomic E-state index is 0.0941. The van der Waals surface area contributed by atoms with Crippen molar-refractivity contribution in [3.05, 3.63) is 0 Å². The molecular formula is C12H25N3O. The fourth-order valence-electron chi connectivity index (χ4n) is 2.11. The van der Waals surface area contributed by atoms with Gasteiger partial charge in [0.1, 0.15) is 0 Å². The van der Waals surface area contributed by atoms with Crippen LogP contribution in [0.15, 0.2) is 0 Å². The molecule has 3 N–H and O–H groups in total. The summed E-state index contributed by atoms with van der Waals surface area (Å²) in [4.78, 5) is 13.6. The van der Waals surface area contributed by atoms with Crippen LogP contribution >= 0.6 is 0 Å². The maximum Gasteiger partial charge on any atom is 0.317 e. The Hall–Kier alpha value is -0.770. The van der Waals surface area contributed by atoms with Crippen molar-refractivity contribution < 1.29 is 4.79 Å². The number of unbranched alkanes of at least 4 members (excludes halogenated alkanes) is 1. The molecule has 94 valence electrons. The molecule has 1 unspecified atom stereocenters. The highest BCUT2D eigenvalue weighted by Gasteiger charge is 2.24. The van der Waals surface area contributed by atoms with Gasteiger partial charge < -0.3 is 16.0 Å². The van der Waals surface area contributed by atoms with Gasteiger partial charge in [-0.1, -0.05) is 13.3 Å². The molecule has 0 spiro atoms. The standard InChI is InChI=1S/C12H25N3O/c1-3-4-7-14-12(16)15-8-5-11(6-9-15)10(2)13/h10-11H,3-9,13H2,1-2H3,(H,14,16). The maximum atomic E-state index is 11.7. The molecule has 1 fully saturated rings. The number of hydrogen-bond donors (Lipinski definition) is 2. The predicted octanol–water partition coefficient (Wildman–Crippen LogP) is 1.56. The number of amides is 2. The zero-order chi connectivity index (χ0) is 12.0. The Labute approximate surface area is 98.6 Å². The van der Waals surface area contributed by atoms with Crippen LogP contribution in [0.5, 0.6) is 0 Å². The summed E-state index contributed by atoms with van der Waals surface area (Å²) in [5, 5.41) is 2.95. The molecule has 0 aromatic rings. The van der Waals surface area contributed by atoms with Crippen LogP contribution in [-0.2, 0) is 0 Å². The SMILES string of the molecule is CCCCNC(=O)N1CCC(C(C)N)CC1. The van der Waals surface area contributed by atoms with Crippen molar-refractivity contribution in [1.82, 2.24) is 10.2 Å². The second kappa shape index (κ2) is 6.74. The van der Waals surface area contributed by atoms with Crippen LogP contribution < -0.4 is 11.1 Å². The second-order valence-electron chi connectivity index (χ2n) is 4.77. The van der Waals surface area contributed by atoms with Crippen LogP contribution in [0.2, 0.25) is 0 Å². The van der Waals surface area contributed by atoms with E-state index in [-0.39, 0.29) is 12.1 Å². The molecule has 1 aliphatic rings. The summed E-state index contributed by atoms with van der Waals surface area (Å²) in [6.45, 7) is 6.68. The molecule has 1 atom stereocenters. The third-order valence-corrected chi connectivity index (χ3v) is 3.38. The fraction of sp³-hybridized carbons (Fsp3) is 0.917. The number of hydrogen-bond acceptors (Lipinski definition) is 2. The molecule has 0 bridgehead atoms. The summed E-state index contributed by atoms with van der Waals surface area (Å²) in [5.74, 6) is 0.583. The first-order valence-electron chi connectivity index (χ1n) is 6.43. The van der Waals surface area contributed by atoms with Crippen LogP contribution in [-0.4, -0.2) is 36.6 Å². The highest BCUT2D eigenvalue weighted by Crippen LogP contribution is 2.19. The normalized spacial score (nSPS) is 19.6. The van der Waals surface area contributed by atoms with Gasteiger partial charge in [0.25, 0.3) is 0 Å². The summed E-state index contributed by atoms with van der Waals surface area (Å²) in [7, 11) is 0. The number of nitrogens with zero attached hydrogens (tertiary/aromatic N) is 1. The molecule has 1 rings (SSSR count). The van der Waals surface area contributed by atoms with Gasteiger partial charge in [-0.05, 0) is 32.1 Å². The Bertz CT molecular complexity index is 210. The Morgan fingerprint density at radius 2 is 2.12 bits per heavy atom. The van der Waals surface area contributed by atoms with Gasteiger partial charge in [0.15, 0.2) is 0 Å². The lowest BCUT2D eigenvalue weighted by Gasteiger charge is -2.33. The predicted molar refractivity (Wildman–Crippen MR) is 66.3 cm³/mol. The van der Waals surface area contributed by atoms with E-state index in [1.54, 1.807) is 0 Å². The Morgan fingerprint density at radius 1 is 1.50 bits per heavy atom. The molecule has 0 radical (unpaired) electrons. The van der Waals surface area contributed by atoms with Crippen molar-refractivity contribution in [2.24, 2.45) is 11.7 Å². The van der Waals surface area contributed by atoms with Crippen LogP contribution in [0, 0.1) is 5.92 Å². The van der Waals surface area contributed by atoms with Crippen molar-refractivity contribution in [1.29, 1.82) is 0 Å². The quantitative estimate of drug-likeness (QED) is 0.716. The van der Waals surface area contributed by atoms with E-state index in [4.69, 9.17) is 5.73 Å². The van der Waals surface area contributed by atoms with Gasteiger partial charge in [-0.25, -0.2) is 4.79 Å². The van der Waals surface area contributed by atoms with Gasteiger partial charge in [0, 0.05) is 25.7 Å². The second-order valence-corrected chi connectivity index (χ2v) is 4.77. The van der Waals surface area contributed by atoms with Gasteiger partial charge in [0.05, 0.1) is 0 Å². The molecule has 0 aromatic carbocycles. The number of piperidine rings is 1. The molecule has 1 aliphatic heterocycles. The monoisotopic (exact) mass is 227 g/mol. The molecule has 2 amide bonds. The molecule has 0 aromatic heterocycles. The third kappa shape index (κ3) is 4.00. The van der Waals surface area contributed by atoms with Crippen LogP contribution in [0.1, 0.15) is 39.5 Å². The number of carbonyl (C=O) groups is 1. The molecule has 1 heterocycles. The zero-order valence-corrected chi connectivity index (χ0v) is 10.5. The Morgan fingerprint density at radius 3 is 2.62 bits per heavy atom. The van der Waals surface area contributed by atoms with E-state index < -0.39 is 0 Å². The summed E-state index contributed by atoms with van der Waals surface area (Å²) >= 11 is 0. The van der Waals surface area contributed by atoms with E-state index in [1.807, 2.05) is 4.90 Å². The van der Waals surface area contributed by atoms with E-state index in [0.29, 0.717) is 5.92 Å². The minimum Gasteiger partial charge on any atom is -0.338 e. The molecular weight excluding hydrogens is 202 g/mol. The van der Waals surface area contributed by atoms with E-state index in [1.165, 1.54) is 0 Å². The van der Waals surface area contributed by atoms with Crippen molar-refractivity contribution >= 4 is 6.03 Å². The van der Waals surface area contributed by atoms with Crippen molar-refractivity contribution in [3.8, 4) is 0 Å². The fourth-order valence-corrected chi connectivity index (χ4v) is 2.11. The lowest BCUT2D eigenvalue weighted by Crippen LogP contribution is -2.46. The highest BCUT2D eigenvalue weighted by atomic mass is 16.2. The molecule has 4 heteroatoms. The van der Waals surface area contributed by atoms with Crippen LogP contribution in [0.4, 0.5) is 4.79 Å². The lowest BCUT2D eigenvalue weighted by atomic mass is 9.91. The molecule has 1 saturated heterocycles. The third-order valence-electron chi connectivity index (χ3n) is 3.38. The maximum absolute atomic E-state index is 11.7. The Kier molecular flexibility index (Phi) is 5.60. The van der Waals surface area contributed by atoms with Crippen molar-refractivity contribution in [2.45, 2.75) is 45.6 Å². The van der Waals surface area contributed by atoms with Gasteiger partial charge in [-0.15, -0.1) is 0 Å². The summed E-state index contributed by atoms with van der Waals surface area (Å²) < 4.78 is 0. The number of carbonyl (C=O) groups excluding carboxylic acids is 1. The summed E-state index contributed by atoms with van der Waals surface area (Å²) in [5.41, 5.74) is 5.87. The number of rotatable bonds is 4. The van der Waals surface area contributed by atoms with E-state index in [0.717, 1.165) is 45.3 Å². The lowest BCUT2D eigenvalue weighted by molar-refractivity contribution is 0.164.